The van der Waals surface area contributed by atoms with Gasteiger partial charge in [-0.05, 0) is 43.5 Å². The summed E-state index contributed by atoms with van der Waals surface area (Å²) in [6, 6.07) is 9.13. The van der Waals surface area contributed by atoms with Crippen LogP contribution in [-0.4, -0.2) is 27.5 Å². The fourth-order valence-corrected chi connectivity index (χ4v) is 3.54. The predicted octanol–water partition coefficient (Wildman–Crippen LogP) is 1.12. The first kappa shape index (κ1) is 15.0. The van der Waals surface area contributed by atoms with E-state index in [4.69, 9.17) is 5.26 Å². The summed E-state index contributed by atoms with van der Waals surface area (Å²) < 4.78 is 26.5. The van der Waals surface area contributed by atoms with E-state index in [1.54, 1.807) is 24.3 Å². The number of sulfonamides is 1. The molecule has 2 rings (SSSR count). The number of nitrogens with one attached hydrogen (secondary N) is 2. The summed E-state index contributed by atoms with van der Waals surface area (Å²) in [4.78, 5) is 0. The summed E-state index contributed by atoms with van der Waals surface area (Å²) in [6.07, 6.45) is 3.10. The van der Waals surface area contributed by atoms with E-state index < -0.39 is 10.0 Å². The minimum atomic E-state index is -3.34. The molecule has 20 heavy (non-hydrogen) atoms. The lowest BCUT2D eigenvalue weighted by molar-refractivity contribution is 0.539. The van der Waals surface area contributed by atoms with E-state index in [2.05, 4.69) is 10.0 Å². The van der Waals surface area contributed by atoms with E-state index in [1.807, 2.05) is 6.07 Å². The maximum absolute atomic E-state index is 12.0. The lowest BCUT2D eigenvalue weighted by Gasteiger charge is -2.11. The lowest BCUT2D eigenvalue weighted by atomic mass is 10.2. The Morgan fingerprint density at radius 1 is 1.45 bits per heavy atom. The van der Waals surface area contributed by atoms with E-state index in [1.165, 1.54) is 6.42 Å². The molecular weight excluding hydrogens is 274 g/mol. The Hall–Kier alpha value is -1.42. The van der Waals surface area contributed by atoms with E-state index in [0.29, 0.717) is 23.7 Å². The molecule has 1 aliphatic rings. The second kappa shape index (κ2) is 6.84. The molecule has 0 bridgehead atoms. The van der Waals surface area contributed by atoms with Crippen molar-refractivity contribution in [1.82, 2.24) is 10.0 Å². The SMILES string of the molecule is N#Cc1cccc(CS(=O)(=O)NCC[C@@H]2CCCN2)c1. The maximum Gasteiger partial charge on any atom is 0.215 e. The standard InChI is InChI=1S/C14H19N3O2S/c15-10-12-3-1-4-13(9-12)11-20(18,19)17-8-6-14-5-2-7-16-14/h1,3-4,9,14,16-17H,2,5-8,11H2/t14-/m0/s1. The molecule has 108 valence electrons. The summed E-state index contributed by atoms with van der Waals surface area (Å²) in [6.45, 7) is 1.48. The molecular formula is C14H19N3O2S. The zero-order valence-corrected chi connectivity index (χ0v) is 12.1. The molecule has 2 N–H and O–H groups in total. The van der Waals surface area contributed by atoms with Crippen molar-refractivity contribution in [3.05, 3.63) is 35.4 Å². The number of hydrogen-bond donors (Lipinski definition) is 2. The van der Waals surface area contributed by atoms with Crippen molar-refractivity contribution in [2.24, 2.45) is 0 Å². The predicted molar refractivity (Wildman–Crippen MR) is 77.4 cm³/mol. The van der Waals surface area contributed by atoms with Crippen LogP contribution in [-0.2, 0) is 15.8 Å². The van der Waals surface area contributed by atoms with Crippen LogP contribution in [0.25, 0.3) is 0 Å². The average molecular weight is 293 g/mol. The van der Waals surface area contributed by atoms with Crippen LogP contribution in [0.15, 0.2) is 24.3 Å². The van der Waals surface area contributed by atoms with E-state index in [9.17, 15) is 8.42 Å². The smallest absolute Gasteiger partial charge is 0.215 e. The van der Waals surface area contributed by atoms with Gasteiger partial charge in [-0.25, -0.2) is 13.1 Å². The van der Waals surface area contributed by atoms with Crippen molar-refractivity contribution >= 4 is 10.0 Å². The highest BCUT2D eigenvalue weighted by Gasteiger charge is 2.16. The Balaban J connectivity index is 1.85. The van der Waals surface area contributed by atoms with Crippen LogP contribution in [0.5, 0.6) is 0 Å². The van der Waals surface area contributed by atoms with Gasteiger partial charge in [-0.3, -0.25) is 0 Å². The van der Waals surface area contributed by atoms with Crippen molar-refractivity contribution in [3.8, 4) is 6.07 Å². The third-order valence-corrected chi connectivity index (χ3v) is 4.75. The van der Waals surface area contributed by atoms with Crippen LogP contribution in [0.2, 0.25) is 0 Å². The van der Waals surface area contributed by atoms with Crippen molar-refractivity contribution < 1.29 is 8.42 Å². The number of nitriles is 1. The zero-order valence-electron chi connectivity index (χ0n) is 11.3. The molecule has 5 nitrogen and oxygen atoms in total. The molecule has 0 unspecified atom stereocenters. The summed E-state index contributed by atoms with van der Waals surface area (Å²) in [5.41, 5.74) is 1.11. The largest absolute Gasteiger partial charge is 0.314 e. The Morgan fingerprint density at radius 3 is 3.00 bits per heavy atom. The lowest BCUT2D eigenvalue weighted by Crippen LogP contribution is -2.31. The molecule has 0 aromatic heterocycles. The fourth-order valence-electron chi connectivity index (χ4n) is 2.39. The molecule has 1 fully saturated rings. The van der Waals surface area contributed by atoms with Gasteiger partial charge < -0.3 is 5.32 Å². The van der Waals surface area contributed by atoms with Gasteiger partial charge in [-0.15, -0.1) is 0 Å². The van der Waals surface area contributed by atoms with Crippen molar-refractivity contribution in [3.63, 3.8) is 0 Å². The van der Waals surface area contributed by atoms with Gasteiger partial charge in [-0.2, -0.15) is 5.26 Å². The average Bonchev–Trinajstić information content (AvgIpc) is 2.91. The highest BCUT2D eigenvalue weighted by molar-refractivity contribution is 7.88. The van der Waals surface area contributed by atoms with Crippen LogP contribution in [0.3, 0.4) is 0 Å². The summed E-state index contributed by atoms with van der Waals surface area (Å²) in [7, 11) is -3.34. The second-order valence-corrected chi connectivity index (χ2v) is 6.85. The molecule has 1 aromatic rings. The normalized spacial score (nSPS) is 18.9. The summed E-state index contributed by atoms with van der Waals surface area (Å²) in [5, 5.41) is 12.1. The molecule has 0 aliphatic carbocycles. The first-order valence-electron chi connectivity index (χ1n) is 6.79. The Labute approximate surface area is 120 Å². The third-order valence-electron chi connectivity index (χ3n) is 3.39. The monoisotopic (exact) mass is 293 g/mol. The Bertz CT molecular complexity index is 587. The fraction of sp³-hybridized carbons (Fsp3) is 0.500. The van der Waals surface area contributed by atoms with E-state index >= 15 is 0 Å². The van der Waals surface area contributed by atoms with Gasteiger partial charge in [0.2, 0.25) is 10.0 Å². The van der Waals surface area contributed by atoms with Crippen molar-refractivity contribution in [2.75, 3.05) is 13.1 Å². The topological polar surface area (TPSA) is 82.0 Å². The summed E-state index contributed by atoms with van der Waals surface area (Å²) >= 11 is 0. The minimum absolute atomic E-state index is 0.0827. The van der Waals surface area contributed by atoms with Crippen molar-refractivity contribution in [2.45, 2.75) is 31.1 Å². The Kier molecular flexibility index (Phi) is 5.12. The van der Waals surface area contributed by atoms with Crippen molar-refractivity contribution in [1.29, 1.82) is 5.26 Å². The molecule has 0 radical (unpaired) electrons. The molecule has 1 aromatic carbocycles. The number of hydrogen-bond acceptors (Lipinski definition) is 4. The first-order chi connectivity index (χ1) is 9.59. The van der Waals surface area contributed by atoms with Crippen LogP contribution in [0.4, 0.5) is 0 Å². The van der Waals surface area contributed by atoms with E-state index in [-0.39, 0.29) is 5.75 Å². The van der Waals surface area contributed by atoms with Gasteiger partial charge in [0, 0.05) is 12.6 Å². The van der Waals surface area contributed by atoms with Gasteiger partial charge in [0.05, 0.1) is 17.4 Å². The van der Waals surface area contributed by atoms with Crippen LogP contribution < -0.4 is 10.0 Å². The maximum atomic E-state index is 12.0. The van der Waals surface area contributed by atoms with Crippen LogP contribution in [0, 0.1) is 11.3 Å². The number of benzene rings is 1. The van der Waals surface area contributed by atoms with Gasteiger partial charge in [0.15, 0.2) is 0 Å². The molecule has 0 saturated carbocycles. The van der Waals surface area contributed by atoms with Gasteiger partial charge >= 0.3 is 0 Å². The highest BCUT2D eigenvalue weighted by atomic mass is 32.2. The zero-order chi connectivity index (χ0) is 14.4. The minimum Gasteiger partial charge on any atom is -0.314 e. The number of nitrogens with zero attached hydrogens (tertiary/aromatic N) is 1. The molecule has 1 heterocycles. The van der Waals surface area contributed by atoms with E-state index in [0.717, 1.165) is 19.4 Å². The molecule has 1 aliphatic heterocycles. The first-order valence-corrected chi connectivity index (χ1v) is 8.44. The van der Waals surface area contributed by atoms with Crippen LogP contribution in [0.1, 0.15) is 30.4 Å². The van der Waals surface area contributed by atoms with Gasteiger partial charge in [0.1, 0.15) is 0 Å². The Morgan fingerprint density at radius 2 is 2.30 bits per heavy atom. The quantitative estimate of drug-likeness (QED) is 0.823. The molecule has 1 atom stereocenters. The molecule has 0 spiro atoms. The van der Waals surface area contributed by atoms with Gasteiger partial charge in [0.25, 0.3) is 0 Å². The van der Waals surface area contributed by atoms with Crippen LogP contribution >= 0.6 is 0 Å². The molecule has 0 amide bonds. The number of rotatable bonds is 6. The van der Waals surface area contributed by atoms with Gasteiger partial charge in [-0.1, -0.05) is 12.1 Å². The third kappa shape index (κ3) is 4.60. The second-order valence-electron chi connectivity index (χ2n) is 5.05. The highest BCUT2D eigenvalue weighted by Crippen LogP contribution is 2.10. The molecule has 6 heteroatoms. The summed E-state index contributed by atoms with van der Waals surface area (Å²) in [5.74, 6) is -0.0827. The molecule has 1 saturated heterocycles.